The minimum atomic E-state index is 0.527. The minimum Gasteiger partial charge on any atom is -0.371 e. The van der Waals surface area contributed by atoms with E-state index in [9.17, 15) is 0 Å². The number of rotatable bonds is 3. The van der Waals surface area contributed by atoms with Gasteiger partial charge in [0, 0.05) is 35.6 Å². The van der Waals surface area contributed by atoms with Gasteiger partial charge in [-0.15, -0.1) is 11.6 Å². The molecule has 3 heteroatoms. The van der Waals surface area contributed by atoms with Gasteiger partial charge < -0.3 is 4.90 Å². The Bertz CT molecular complexity index is 583. The van der Waals surface area contributed by atoms with Gasteiger partial charge in [0.15, 0.2) is 0 Å². The van der Waals surface area contributed by atoms with Crippen LogP contribution in [0.2, 0.25) is 5.02 Å². The first-order valence-corrected chi connectivity index (χ1v) is 7.83. The van der Waals surface area contributed by atoms with Crippen LogP contribution in [0.5, 0.6) is 0 Å². The molecule has 0 spiro atoms. The van der Waals surface area contributed by atoms with Crippen LogP contribution in [0.25, 0.3) is 0 Å². The molecule has 1 atom stereocenters. The standard InChI is InChI=1S/C17H17Cl2N/c18-11-14-6-7-16(19)10-17(14)20-9-8-15(12-20)13-4-2-1-3-5-13/h1-7,10,15H,8-9,11-12H2. The topological polar surface area (TPSA) is 3.24 Å². The molecule has 1 saturated heterocycles. The predicted molar refractivity (Wildman–Crippen MR) is 87.0 cm³/mol. The fourth-order valence-electron chi connectivity index (χ4n) is 2.92. The van der Waals surface area contributed by atoms with E-state index in [0.717, 1.165) is 23.7 Å². The van der Waals surface area contributed by atoms with Crippen LogP contribution >= 0.6 is 23.2 Å². The molecular formula is C17H17Cl2N. The van der Waals surface area contributed by atoms with Gasteiger partial charge in [-0.25, -0.2) is 0 Å². The lowest BCUT2D eigenvalue weighted by molar-refractivity contribution is 0.775. The van der Waals surface area contributed by atoms with Crippen LogP contribution in [0, 0.1) is 0 Å². The third-order valence-electron chi connectivity index (χ3n) is 3.99. The maximum Gasteiger partial charge on any atom is 0.0494 e. The maximum atomic E-state index is 6.14. The third kappa shape index (κ3) is 2.79. The summed E-state index contributed by atoms with van der Waals surface area (Å²) in [5.74, 6) is 1.12. The van der Waals surface area contributed by atoms with E-state index in [1.54, 1.807) is 0 Å². The van der Waals surface area contributed by atoms with Crippen LogP contribution in [-0.2, 0) is 5.88 Å². The third-order valence-corrected chi connectivity index (χ3v) is 4.51. The second-order valence-corrected chi connectivity index (χ2v) is 5.95. The molecule has 0 radical (unpaired) electrons. The summed E-state index contributed by atoms with van der Waals surface area (Å²) >= 11 is 12.2. The number of benzene rings is 2. The van der Waals surface area contributed by atoms with Crippen molar-refractivity contribution in [3.63, 3.8) is 0 Å². The highest BCUT2D eigenvalue weighted by Gasteiger charge is 2.25. The van der Waals surface area contributed by atoms with Crippen molar-refractivity contribution in [1.82, 2.24) is 0 Å². The molecule has 1 nitrogen and oxygen atoms in total. The Morgan fingerprint density at radius 2 is 1.90 bits per heavy atom. The summed E-state index contributed by atoms with van der Waals surface area (Å²) in [5, 5.41) is 0.775. The monoisotopic (exact) mass is 305 g/mol. The van der Waals surface area contributed by atoms with Crippen molar-refractivity contribution in [2.24, 2.45) is 0 Å². The van der Waals surface area contributed by atoms with Gasteiger partial charge in [0.1, 0.15) is 0 Å². The molecule has 0 bridgehead atoms. The summed E-state index contributed by atoms with van der Waals surface area (Å²) < 4.78 is 0. The van der Waals surface area contributed by atoms with E-state index >= 15 is 0 Å². The molecule has 2 aromatic rings. The first-order valence-electron chi connectivity index (χ1n) is 6.92. The molecule has 0 N–H and O–H groups in total. The van der Waals surface area contributed by atoms with Crippen LogP contribution in [-0.4, -0.2) is 13.1 Å². The molecule has 0 amide bonds. The molecule has 0 saturated carbocycles. The van der Waals surface area contributed by atoms with E-state index in [1.807, 2.05) is 18.2 Å². The van der Waals surface area contributed by atoms with Crippen molar-refractivity contribution in [3.8, 4) is 0 Å². The normalized spacial score (nSPS) is 18.5. The van der Waals surface area contributed by atoms with Gasteiger partial charge in [-0.2, -0.15) is 0 Å². The molecule has 1 heterocycles. The number of hydrogen-bond donors (Lipinski definition) is 0. The van der Waals surface area contributed by atoms with Crippen molar-refractivity contribution in [2.45, 2.75) is 18.2 Å². The Hall–Kier alpha value is -1.18. The highest BCUT2D eigenvalue weighted by Crippen LogP contribution is 2.34. The molecule has 1 aliphatic heterocycles. The van der Waals surface area contributed by atoms with E-state index in [4.69, 9.17) is 23.2 Å². The molecule has 104 valence electrons. The lowest BCUT2D eigenvalue weighted by Gasteiger charge is -2.22. The largest absolute Gasteiger partial charge is 0.371 e. The van der Waals surface area contributed by atoms with Gasteiger partial charge in [0.25, 0.3) is 0 Å². The Morgan fingerprint density at radius 3 is 2.65 bits per heavy atom. The number of hydrogen-bond acceptors (Lipinski definition) is 1. The molecule has 20 heavy (non-hydrogen) atoms. The second kappa shape index (κ2) is 6.07. The van der Waals surface area contributed by atoms with Gasteiger partial charge >= 0.3 is 0 Å². The Morgan fingerprint density at radius 1 is 1.10 bits per heavy atom. The molecule has 1 unspecified atom stereocenters. The lowest BCUT2D eigenvalue weighted by atomic mass is 9.99. The van der Waals surface area contributed by atoms with E-state index < -0.39 is 0 Å². The Labute approximate surface area is 130 Å². The van der Waals surface area contributed by atoms with Crippen LogP contribution < -0.4 is 4.90 Å². The van der Waals surface area contributed by atoms with Crippen LogP contribution in [0.3, 0.4) is 0 Å². The zero-order valence-corrected chi connectivity index (χ0v) is 12.7. The van der Waals surface area contributed by atoms with E-state index in [-0.39, 0.29) is 0 Å². The summed E-state index contributed by atoms with van der Waals surface area (Å²) in [4.78, 5) is 2.40. The van der Waals surface area contributed by atoms with Crippen molar-refractivity contribution in [1.29, 1.82) is 0 Å². The molecule has 0 aliphatic carbocycles. The van der Waals surface area contributed by atoms with Gasteiger partial charge in [-0.3, -0.25) is 0 Å². The van der Waals surface area contributed by atoms with E-state index in [2.05, 4.69) is 35.2 Å². The SMILES string of the molecule is ClCc1ccc(Cl)cc1N1CCC(c2ccccc2)C1. The van der Waals surface area contributed by atoms with Gasteiger partial charge in [-0.1, -0.05) is 48.0 Å². The molecular weight excluding hydrogens is 289 g/mol. The van der Waals surface area contributed by atoms with Crippen molar-refractivity contribution in [2.75, 3.05) is 18.0 Å². The van der Waals surface area contributed by atoms with Crippen molar-refractivity contribution >= 4 is 28.9 Å². The molecule has 2 aromatic carbocycles. The summed E-state index contributed by atoms with van der Waals surface area (Å²) in [6.07, 6.45) is 1.18. The van der Waals surface area contributed by atoms with Crippen LogP contribution in [0.4, 0.5) is 5.69 Å². The zero-order chi connectivity index (χ0) is 13.9. The maximum absolute atomic E-state index is 6.14. The molecule has 1 aliphatic rings. The average Bonchev–Trinajstić information content (AvgIpc) is 2.98. The van der Waals surface area contributed by atoms with Crippen LogP contribution in [0.15, 0.2) is 48.5 Å². The number of anilines is 1. The summed E-state index contributed by atoms with van der Waals surface area (Å²) in [7, 11) is 0. The first kappa shape index (κ1) is 13.8. The van der Waals surface area contributed by atoms with E-state index in [0.29, 0.717) is 11.8 Å². The first-order chi connectivity index (χ1) is 9.78. The summed E-state index contributed by atoms with van der Waals surface area (Å²) in [6.45, 7) is 2.10. The van der Waals surface area contributed by atoms with Crippen LogP contribution in [0.1, 0.15) is 23.5 Å². The Kier molecular flexibility index (Phi) is 4.18. The Balaban J connectivity index is 1.82. The van der Waals surface area contributed by atoms with Gasteiger partial charge in [0.2, 0.25) is 0 Å². The highest BCUT2D eigenvalue weighted by molar-refractivity contribution is 6.31. The summed E-state index contributed by atoms with van der Waals surface area (Å²) in [5.41, 5.74) is 3.76. The molecule has 0 aromatic heterocycles. The lowest BCUT2D eigenvalue weighted by Crippen LogP contribution is -2.20. The highest BCUT2D eigenvalue weighted by atomic mass is 35.5. The van der Waals surface area contributed by atoms with E-state index in [1.165, 1.54) is 17.7 Å². The number of halogens is 2. The van der Waals surface area contributed by atoms with Crippen molar-refractivity contribution < 1.29 is 0 Å². The minimum absolute atomic E-state index is 0.527. The van der Waals surface area contributed by atoms with Gasteiger partial charge in [0.05, 0.1) is 0 Å². The predicted octanol–water partition coefficient (Wildman–Crippen LogP) is 5.07. The fourth-order valence-corrected chi connectivity index (χ4v) is 3.31. The fraction of sp³-hybridized carbons (Fsp3) is 0.294. The molecule has 3 rings (SSSR count). The number of alkyl halides is 1. The number of nitrogens with zero attached hydrogens (tertiary/aromatic N) is 1. The average molecular weight is 306 g/mol. The van der Waals surface area contributed by atoms with Crippen molar-refractivity contribution in [3.05, 3.63) is 64.7 Å². The quantitative estimate of drug-likeness (QED) is 0.715. The summed E-state index contributed by atoms with van der Waals surface area (Å²) in [6, 6.07) is 16.7. The molecule has 1 fully saturated rings. The zero-order valence-electron chi connectivity index (χ0n) is 11.2. The second-order valence-electron chi connectivity index (χ2n) is 5.25. The van der Waals surface area contributed by atoms with Gasteiger partial charge in [-0.05, 0) is 29.7 Å². The smallest absolute Gasteiger partial charge is 0.0494 e.